The predicted molar refractivity (Wildman–Crippen MR) is 80.2 cm³/mol. The maximum atomic E-state index is 3.44. The first kappa shape index (κ1) is 12.2. The summed E-state index contributed by atoms with van der Waals surface area (Å²) in [6.45, 7) is 3.06. The first-order valence-electron chi connectivity index (χ1n) is 6.89. The molecule has 0 aliphatic carbocycles. The Morgan fingerprint density at radius 2 is 1.79 bits per heavy atom. The summed E-state index contributed by atoms with van der Waals surface area (Å²) in [7, 11) is 2.17. The fourth-order valence-corrected chi connectivity index (χ4v) is 2.70. The summed E-state index contributed by atoms with van der Waals surface area (Å²) in [6.07, 6.45) is 1.16. The van der Waals surface area contributed by atoms with Gasteiger partial charge in [0.05, 0.1) is 0 Å². The van der Waals surface area contributed by atoms with E-state index in [1.165, 1.54) is 22.4 Å². The highest BCUT2D eigenvalue weighted by Crippen LogP contribution is 2.23. The molecule has 1 N–H and O–H groups in total. The molecule has 0 radical (unpaired) electrons. The molecule has 1 heterocycles. The standard InChI is InChI=1S/C17H20N2/c1-19(12-14-5-3-2-4-6-14)13-15-7-8-16-9-10-18-17(16)11-15/h2-8,11,18H,9-10,12-13H2,1H3. The maximum Gasteiger partial charge on any atom is 0.0376 e. The van der Waals surface area contributed by atoms with Crippen molar-refractivity contribution >= 4 is 5.69 Å². The highest BCUT2D eigenvalue weighted by molar-refractivity contribution is 5.57. The van der Waals surface area contributed by atoms with Crippen LogP contribution in [-0.4, -0.2) is 18.5 Å². The molecule has 2 nitrogen and oxygen atoms in total. The molecular weight excluding hydrogens is 232 g/mol. The Kier molecular flexibility index (Phi) is 3.51. The van der Waals surface area contributed by atoms with Gasteiger partial charge in [0.1, 0.15) is 0 Å². The van der Waals surface area contributed by atoms with Crippen molar-refractivity contribution in [3.05, 3.63) is 65.2 Å². The van der Waals surface area contributed by atoms with E-state index < -0.39 is 0 Å². The predicted octanol–water partition coefficient (Wildman–Crippen LogP) is 3.29. The largest absolute Gasteiger partial charge is 0.384 e. The lowest BCUT2D eigenvalue weighted by atomic mass is 10.1. The summed E-state index contributed by atoms with van der Waals surface area (Å²) in [4.78, 5) is 2.35. The van der Waals surface area contributed by atoms with Gasteiger partial charge in [-0.05, 0) is 36.2 Å². The Labute approximate surface area is 115 Å². The molecule has 0 saturated carbocycles. The Balaban J connectivity index is 1.65. The van der Waals surface area contributed by atoms with E-state index in [-0.39, 0.29) is 0 Å². The van der Waals surface area contributed by atoms with Crippen LogP contribution in [0, 0.1) is 0 Å². The minimum absolute atomic E-state index is 0.990. The fraction of sp³-hybridized carbons (Fsp3) is 0.294. The molecule has 0 bridgehead atoms. The fourth-order valence-electron chi connectivity index (χ4n) is 2.70. The molecule has 0 amide bonds. The van der Waals surface area contributed by atoms with Crippen molar-refractivity contribution in [1.29, 1.82) is 0 Å². The van der Waals surface area contributed by atoms with Crippen molar-refractivity contribution in [3.8, 4) is 0 Å². The summed E-state index contributed by atoms with van der Waals surface area (Å²) in [5.41, 5.74) is 5.52. The van der Waals surface area contributed by atoms with E-state index in [4.69, 9.17) is 0 Å². The van der Waals surface area contributed by atoms with Gasteiger partial charge >= 0.3 is 0 Å². The molecule has 0 atom stereocenters. The smallest absolute Gasteiger partial charge is 0.0376 e. The number of nitrogens with one attached hydrogen (secondary N) is 1. The summed E-state index contributed by atoms with van der Waals surface area (Å²) < 4.78 is 0. The molecular formula is C17H20N2. The Hall–Kier alpha value is -1.80. The number of nitrogens with zero attached hydrogens (tertiary/aromatic N) is 1. The molecule has 1 aliphatic rings. The van der Waals surface area contributed by atoms with Crippen LogP contribution in [0.4, 0.5) is 5.69 Å². The summed E-state index contributed by atoms with van der Waals surface area (Å²) in [5.74, 6) is 0. The lowest BCUT2D eigenvalue weighted by molar-refractivity contribution is 0.319. The van der Waals surface area contributed by atoms with Crippen LogP contribution in [0.5, 0.6) is 0 Å². The van der Waals surface area contributed by atoms with Crippen molar-refractivity contribution in [2.75, 3.05) is 18.9 Å². The van der Waals surface area contributed by atoms with E-state index in [0.29, 0.717) is 0 Å². The number of benzene rings is 2. The van der Waals surface area contributed by atoms with Crippen molar-refractivity contribution in [3.63, 3.8) is 0 Å². The van der Waals surface area contributed by atoms with Crippen LogP contribution in [0.1, 0.15) is 16.7 Å². The van der Waals surface area contributed by atoms with Crippen LogP contribution in [0.3, 0.4) is 0 Å². The molecule has 2 aromatic rings. The van der Waals surface area contributed by atoms with Crippen molar-refractivity contribution in [2.45, 2.75) is 19.5 Å². The van der Waals surface area contributed by atoms with Gasteiger partial charge in [0, 0.05) is 25.3 Å². The van der Waals surface area contributed by atoms with Gasteiger partial charge < -0.3 is 5.32 Å². The van der Waals surface area contributed by atoms with Crippen LogP contribution in [0.2, 0.25) is 0 Å². The third-order valence-corrected chi connectivity index (χ3v) is 3.63. The second-order valence-corrected chi connectivity index (χ2v) is 5.33. The SMILES string of the molecule is CN(Cc1ccccc1)Cc1ccc2c(c1)NCC2. The van der Waals surface area contributed by atoms with E-state index in [9.17, 15) is 0 Å². The average Bonchev–Trinajstić information content (AvgIpc) is 2.87. The van der Waals surface area contributed by atoms with Gasteiger partial charge in [-0.3, -0.25) is 4.90 Å². The molecule has 0 aromatic heterocycles. The van der Waals surface area contributed by atoms with Gasteiger partial charge in [0.2, 0.25) is 0 Å². The molecule has 98 valence electrons. The second kappa shape index (κ2) is 5.45. The summed E-state index contributed by atoms with van der Waals surface area (Å²) in [5, 5.41) is 3.44. The second-order valence-electron chi connectivity index (χ2n) is 5.33. The minimum Gasteiger partial charge on any atom is -0.384 e. The zero-order chi connectivity index (χ0) is 13.1. The summed E-state index contributed by atoms with van der Waals surface area (Å²) >= 11 is 0. The highest BCUT2D eigenvalue weighted by Gasteiger charge is 2.10. The molecule has 0 unspecified atom stereocenters. The average molecular weight is 252 g/mol. The summed E-state index contributed by atoms with van der Waals surface area (Å²) in [6, 6.07) is 17.4. The van der Waals surface area contributed by atoms with E-state index in [1.54, 1.807) is 0 Å². The van der Waals surface area contributed by atoms with Crippen LogP contribution >= 0.6 is 0 Å². The monoisotopic (exact) mass is 252 g/mol. The van der Waals surface area contributed by atoms with Crippen molar-refractivity contribution < 1.29 is 0 Å². The van der Waals surface area contributed by atoms with Crippen LogP contribution in [0.25, 0.3) is 0 Å². The Morgan fingerprint density at radius 3 is 2.63 bits per heavy atom. The number of rotatable bonds is 4. The Morgan fingerprint density at radius 1 is 1.00 bits per heavy atom. The number of fused-ring (bicyclic) bond motifs is 1. The molecule has 0 fully saturated rings. The van der Waals surface area contributed by atoms with Crippen molar-refractivity contribution in [2.24, 2.45) is 0 Å². The minimum atomic E-state index is 0.990. The molecule has 19 heavy (non-hydrogen) atoms. The molecule has 3 rings (SSSR count). The van der Waals surface area contributed by atoms with Crippen molar-refractivity contribution in [1.82, 2.24) is 4.90 Å². The van der Waals surface area contributed by atoms with Gasteiger partial charge in [0.25, 0.3) is 0 Å². The van der Waals surface area contributed by atoms with E-state index in [2.05, 4.69) is 65.8 Å². The Bertz CT molecular complexity index is 548. The number of anilines is 1. The van der Waals surface area contributed by atoms with E-state index in [0.717, 1.165) is 26.1 Å². The normalized spacial score (nSPS) is 13.4. The molecule has 2 heteroatoms. The van der Waals surface area contributed by atoms with Gasteiger partial charge in [-0.25, -0.2) is 0 Å². The molecule has 0 saturated heterocycles. The lowest BCUT2D eigenvalue weighted by Gasteiger charge is -2.17. The molecule has 0 spiro atoms. The van der Waals surface area contributed by atoms with Gasteiger partial charge in [0.15, 0.2) is 0 Å². The molecule has 2 aromatic carbocycles. The van der Waals surface area contributed by atoms with Crippen LogP contribution in [-0.2, 0) is 19.5 Å². The highest BCUT2D eigenvalue weighted by atomic mass is 15.1. The first-order chi connectivity index (χ1) is 9.31. The van der Waals surface area contributed by atoms with Gasteiger partial charge in [-0.15, -0.1) is 0 Å². The third-order valence-electron chi connectivity index (χ3n) is 3.63. The third kappa shape index (κ3) is 2.96. The van der Waals surface area contributed by atoms with Gasteiger partial charge in [-0.2, -0.15) is 0 Å². The molecule has 1 aliphatic heterocycles. The maximum absolute atomic E-state index is 3.44. The quantitative estimate of drug-likeness (QED) is 0.898. The zero-order valence-electron chi connectivity index (χ0n) is 11.4. The van der Waals surface area contributed by atoms with Gasteiger partial charge in [-0.1, -0.05) is 42.5 Å². The van der Waals surface area contributed by atoms with Crippen LogP contribution < -0.4 is 5.32 Å². The topological polar surface area (TPSA) is 15.3 Å². The van der Waals surface area contributed by atoms with E-state index in [1.807, 2.05) is 0 Å². The van der Waals surface area contributed by atoms with Crippen LogP contribution in [0.15, 0.2) is 48.5 Å². The first-order valence-corrected chi connectivity index (χ1v) is 6.89. The lowest BCUT2D eigenvalue weighted by Crippen LogP contribution is -2.17. The number of hydrogen-bond donors (Lipinski definition) is 1. The van der Waals surface area contributed by atoms with E-state index >= 15 is 0 Å². The zero-order valence-corrected chi connectivity index (χ0v) is 11.4. The number of hydrogen-bond acceptors (Lipinski definition) is 2.